The number of Topliss-reactive ketones (excluding diaryl/α,β-unsaturated/α-hetero) is 1. The van der Waals surface area contributed by atoms with Crippen molar-refractivity contribution >= 4 is 29.0 Å². The fourth-order valence-corrected chi connectivity index (χ4v) is 3.03. The van der Waals surface area contributed by atoms with Crippen LogP contribution in [-0.4, -0.2) is 41.8 Å². The molecule has 0 spiro atoms. The van der Waals surface area contributed by atoms with E-state index in [1.54, 1.807) is 12.1 Å². The Kier molecular flexibility index (Phi) is 6.10. The number of ketones is 1. The van der Waals surface area contributed by atoms with Crippen LogP contribution in [0.5, 0.6) is 5.75 Å². The second-order valence-corrected chi connectivity index (χ2v) is 6.72. The Labute approximate surface area is 172 Å². The smallest absolute Gasteiger partial charge is 0.326 e. The molecular weight excluding hydrogens is 392 g/mol. The van der Waals surface area contributed by atoms with Crippen LogP contribution >= 0.6 is 0 Å². The number of rotatable bonds is 7. The number of carbonyl (C=O) groups excluding carboxylic acids is 3. The maximum absolute atomic E-state index is 12.5. The Morgan fingerprint density at radius 2 is 1.93 bits per heavy atom. The van der Waals surface area contributed by atoms with E-state index in [0.717, 1.165) is 23.0 Å². The van der Waals surface area contributed by atoms with Gasteiger partial charge in [-0.05, 0) is 25.0 Å². The van der Waals surface area contributed by atoms with Crippen LogP contribution in [-0.2, 0) is 20.7 Å². The van der Waals surface area contributed by atoms with Crippen LogP contribution in [0.15, 0.2) is 42.5 Å². The van der Waals surface area contributed by atoms with Crippen molar-refractivity contribution in [2.24, 2.45) is 0 Å². The number of esters is 1. The number of carbonyl (C=O) groups is 3. The van der Waals surface area contributed by atoms with E-state index in [4.69, 9.17) is 9.47 Å². The molecular formula is C21H20N2O7. The van der Waals surface area contributed by atoms with E-state index in [-0.39, 0.29) is 29.5 Å². The highest BCUT2D eigenvalue weighted by Gasteiger charge is 2.30. The molecule has 0 fully saturated rings. The second-order valence-electron chi connectivity index (χ2n) is 6.72. The molecule has 3 rings (SSSR count). The van der Waals surface area contributed by atoms with Gasteiger partial charge in [-0.1, -0.05) is 31.2 Å². The van der Waals surface area contributed by atoms with Crippen LogP contribution in [0.2, 0.25) is 0 Å². The SMILES string of the molecule is CCc1ccc(C(=O)[C@H](C)OC(=O)CN2C(=O)COc3ccc([N+](=O)[O-])cc32)cc1. The molecule has 0 radical (unpaired) electrons. The summed E-state index contributed by atoms with van der Waals surface area (Å²) in [5.41, 5.74) is 1.35. The number of anilines is 1. The van der Waals surface area contributed by atoms with E-state index in [1.807, 2.05) is 19.1 Å². The number of nitro benzene ring substituents is 1. The fraction of sp³-hybridized carbons (Fsp3) is 0.286. The number of nitro groups is 1. The van der Waals surface area contributed by atoms with Gasteiger partial charge in [0, 0.05) is 17.7 Å². The molecule has 9 nitrogen and oxygen atoms in total. The number of nitrogens with zero attached hydrogens (tertiary/aromatic N) is 2. The van der Waals surface area contributed by atoms with Crippen LogP contribution in [0.1, 0.15) is 29.8 Å². The predicted octanol–water partition coefficient (Wildman–Crippen LogP) is 2.70. The summed E-state index contributed by atoms with van der Waals surface area (Å²) in [5.74, 6) is -1.48. The van der Waals surface area contributed by atoms with Crippen molar-refractivity contribution in [3.8, 4) is 5.75 Å². The van der Waals surface area contributed by atoms with Gasteiger partial charge in [-0.2, -0.15) is 0 Å². The molecule has 1 aliphatic heterocycles. The third-order valence-corrected chi connectivity index (χ3v) is 4.71. The minimum Gasteiger partial charge on any atom is -0.482 e. The van der Waals surface area contributed by atoms with Crippen molar-refractivity contribution in [3.63, 3.8) is 0 Å². The van der Waals surface area contributed by atoms with Crippen LogP contribution in [0, 0.1) is 10.1 Å². The number of aryl methyl sites for hydroxylation is 1. The molecule has 1 aliphatic rings. The largest absolute Gasteiger partial charge is 0.482 e. The number of ether oxygens (including phenoxy) is 2. The number of amides is 1. The zero-order valence-corrected chi connectivity index (χ0v) is 16.5. The highest BCUT2D eigenvalue weighted by molar-refractivity contribution is 6.03. The van der Waals surface area contributed by atoms with Crippen molar-refractivity contribution in [1.29, 1.82) is 0 Å². The molecule has 2 aromatic carbocycles. The van der Waals surface area contributed by atoms with Gasteiger partial charge in [0.25, 0.3) is 11.6 Å². The molecule has 1 atom stereocenters. The summed E-state index contributed by atoms with van der Waals surface area (Å²) in [6.45, 7) is 2.65. The van der Waals surface area contributed by atoms with Gasteiger partial charge in [-0.3, -0.25) is 29.4 Å². The fourth-order valence-electron chi connectivity index (χ4n) is 3.03. The summed E-state index contributed by atoms with van der Waals surface area (Å²) in [5, 5.41) is 11.0. The molecule has 1 heterocycles. The van der Waals surface area contributed by atoms with E-state index in [0.29, 0.717) is 5.56 Å². The third kappa shape index (κ3) is 4.45. The second kappa shape index (κ2) is 8.73. The molecule has 0 unspecified atom stereocenters. The number of hydrogen-bond acceptors (Lipinski definition) is 7. The molecule has 30 heavy (non-hydrogen) atoms. The molecule has 0 saturated heterocycles. The number of fused-ring (bicyclic) bond motifs is 1. The number of benzene rings is 2. The van der Waals surface area contributed by atoms with Crippen molar-refractivity contribution in [1.82, 2.24) is 0 Å². The minimum absolute atomic E-state index is 0.103. The highest BCUT2D eigenvalue weighted by Crippen LogP contribution is 2.35. The van der Waals surface area contributed by atoms with Crippen molar-refractivity contribution in [2.75, 3.05) is 18.1 Å². The van der Waals surface area contributed by atoms with Gasteiger partial charge in [0.05, 0.1) is 10.6 Å². The quantitative estimate of drug-likeness (QED) is 0.297. The predicted molar refractivity (Wildman–Crippen MR) is 107 cm³/mol. The van der Waals surface area contributed by atoms with Gasteiger partial charge in [-0.25, -0.2) is 0 Å². The minimum atomic E-state index is -1.05. The first-order valence-corrected chi connectivity index (χ1v) is 9.34. The average Bonchev–Trinajstić information content (AvgIpc) is 2.74. The van der Waals surface area contributed by atoms with Crippen molar-refractivity contribution in [3.05, 3.63) is 63.7 Å². The van der Waals surface area contributed by atoms with Gasteiger partial charge < -0.3 is 9.47 Å². The van der Waals surface area contributed by atoms with Crippen LogP contribution in [0.3, 0.4) is 0 Å². The van der Waals surface area contributed by atoms with Crippen LogP contribution in [0.25, 0.3) is 0 Å². The van der Waals surface area contributed by atoms with Crippen LogP contribution in [0.4, 0.5) is 11.4 Å². The van der Waals surface area contributed by atoms with Gasteiger partial charge in [-0.15, -0.1) is 0 Å². The molecule has 2 aromatic rings. The first kappa shape index (κ1) is 21.0. The molecule has 1 amide bonds. The van der Waals surface area contributed by atoms with Crippen molar-refractivity contribution < 1.29 is 28.8 Å². The average molecular weight is 412 g/mol. The summed E-state index contributed by atoms with van der Waals surface area (Å²) < 4.78 is 10.5. The zero-order valence-electron chi connectivity index (χ0n) is 16.5. The Morgan fingerprint density at radius 3 is 2.57 bits per heavy atom. The first-order valence-electron chi connectivity index (χ1n) is 9.34. The van der Waals surface area contributed by atoms with E-state index in [2.05, 4.69) is 0 Å². The Balaban J connectivity index is 1.71. The maximum Gasteiger partial charge on any atom is 0.326 e. The summed E-state index contributed by atoms with van der Waals surface area (Å²) >= 11 is 0. The Hall–Kier alpha value is -3.75. The van der Waals surface area contributed by atoms with E-state index < -0.39 is 29.4 Å². The normalized spacial score (nSPS) is 13.8. The van der Waals surface area contributed by atoms with Gasteiger partial charge >= 0.3 is 5.97 Å². The Morgan fingerprint density at radius 1 is 1.23 bits per heavy atom. The first-order chi connectivity index (χ1) is 14.3. The zero-order chi connectivity index (χ0) is 21.8. The van der Waals surface area contributed by atoms with E-state index in [1.165, 1.54) is 19.1 Å². The van der Waals surface area contributed by atoms with Crippen LogP contribution < -0.4 is 9.64 Å². The topological polar surface area (TPSA) is 116 Å². The van der Waals surface area contributed by atoms with Gasteiger partial charge in [0.2, 0.25) is 5.78 Å². The van der Waals surface area contributed by atoms with E-state index >= 15 is 0 Å². The monoisotopic (exact) mass is 412 g/mol. The molecule has 0 N–H and O–H groups in total. The summed E-state index contributed by atoms with van der Waals surface area (Å²) in [6.07, 6.45) is -0.211. The lowest BCUT2D eigenvalue weighted by Gasteiger charge is -2.28. The molecule has 0 saturated carbocycles. The molecule has 9 heteroatoms. The summed E-state index contributed by atoms with van der Waals surface area (Å²) in [4.78, 5) is 48.6. The van der Waals surface area contributed by atoms with Gasteiger partial charge in [0.15, 0.2) is 12.7 Å². The highest BCUT2D eigenvalue weighted by atomic mass is 16.6. The molecule has 156 valence electrons. The van der Waals surface area contributed by atoms with Gasteiger partial charge in [0.1, 0.15) is 12.3 Å². The maximum atomic E-state index is 12.5. The molecule has 0 aromatic heterocycles. The third-order valence-electron chi connectivity index (χ3n) is 4.71. The van der Waals surface area contributed by atoms with Crippen molar-refractivity contribution in [2.45, 2.75) is 26.4 Å². The lowest BCUT2D eigenvalue weighted by atomic mass is 10.0. The Bertz CT molecular complexity index is 1000. The summed E-state index contributed by atoms with van der Waals surface area (Å²) in [6, 6.07) is 10.8. The number of hydrogen-bond donors (Lipinski definition) is 0. The summed E-state index contributed by atoms with van der Waals surface area (Å²) in [7, 11) is 0. The lowest BCUT2D eigenvalue weighted by molar-refractivity contribution is -0.384. The standard InChI is InChI=1S/C21H20N2O7/c1-3-14-4-6-15(7-5-14)21(26)13(2)30-20(25)11-22-17-10-16(23(27)28)8-9-18(17)29-12-19(22)24/h4-10,13H,3,11-12H2,1-2H3/t13-/m0/s1. The lowest BCUT2D eigenvalue weighted by Crippen LogP contribution is -2.43. The molecule has 0 bridgehead atoms. The number of non-ortho nitro benzene ring substituents is 1. The van der Waals surface area contributed by atoms with E-state index in [9.17, 15) is 24.5 Å². The molecule has 0 aliphatic carbocycles.